The number of rotatable bonds is 2. The Morgan fingerprint density at radius 2 is 2.25 bits per heavy atom. The lowest BCUT2D eigenvalue weighted by Gasteiger charge is -1.96. The fraction of sp³-hybridized carbons (Fsp3) is 0.429. The summed E-state index contributed by atoms with van der Waals surface area (Å²) in [6, 6.07) is 0. The molecule has 1 heteroatoms. The Balaban J connectivity index is 3.78. The predicted octanol–water partition coefficient (Wildman–Crippen LogP) is 1.94. The minimum absolute atomic E-state index is 0.590. The van der Waals surface area contributed by atoms with E-state index in [0.717, 1.165) is 5.57 Å². The van der Waals surface area contributed by atoms with E-state index >= 15 is 0 Å². The monoisotopic (exact) mass is 111 g/mol. The molecule has 0 heterocycles. The lowest BCUT2D eigenvalue weighted by Crippen LogP contribution is -1.97. The Kier molecular flexibility index (Phi) is 3.20. The van der Waals surface area contributed by atoms with Gasteiger partial charge in [-0.25, -0.2) is 5.11 Å². The maximum atomic E-state index is 10.5. The number of hydrogen-bond donors (Lipinski definition) is 0. The Morgan fingerprint density at radius 1 is 1.75 bits per heavy atom. The summed E-state index contributed by atoms with van der Waals surface area (Å²) >= 11 is 0. The van der Waals surface area contributed by atoms with E-state index in [2.05, 4.69) is 6.58 Å². The minimum atomic E-state index is -0.590. The molecule has 0 aliphatic rings. The second-order valence-corrected chi connectivity index (χ2v) is 1.79. The van der Waals surface area contributed by atoms with E-state index < -0.39 is 6.10 Å². The third-order valence-electron chi connectivity index (χ3n) is 1.02. The van der Waals surface area contributed by atoms with Gasteiger partial charge in [0.25, 0.3) is 0 Å². The lowest BCUT2D eigenvalue weighted by atomic mass is 10.2. The topological polar surface area (TPSA) is 19.9 Å². The van der Waals surface area contributed by atoms with Crippen molar-refractivity contribution in [2.75, 3.05) is 0 Å². The summed E-state index contributed by atoms with van der Waals surface area (Å²) in [6.45, 7) is 6.89. The van der Waals surface area contributed by atoms with E-state index in [4.69, 9.17) is 0 Å². The maximum absolute atomic E-state index is 10.5. The van der Waals surface area contributed by atoms with Gasteiger partial charge in [0.05, 0.1) is 0 Å². The smallest absolute Gasteiger partial charge is 0.111 e. The zero-order chi connectivity index (χ0) is 6.57. The highest BCUT2D eigenvalue weighted by Crippen LogP contribution is 1.98. The largest absolute Gasteiger partial charge is 0.229 e. The van der Waals surface area contributed by atoms with E-state index in [-0.39, 0.29) is 0 Å². The van der Waals surface area contributed by atoms with E-state index in [1.807, 2.05) is 0 Å². The fourth-order valence-electron chi connectivity index (χ4n) is 0.321. The molecule has 0 aromatic carbocycles. The summed E-state index contributed by atoms with van der Waals surface area (Å²) in [5, 5.41) is 10.5. The van der Waals surface area contributed by atoms with Gasteiger partial charge in [-0.15, -0.1) is 0 Å². The van der Waals surface area contributed by atoms with Crippen LogP contribution in [0.25, 0.3) is 0 Å². The second kappa shape index (κ2) is 3.44. The van der Waals surface area contributed by atoms with Gasteiger partial charge in [-0.3, -0.25) is 0 Å². The van der Waals surface area contributed by atoms with Crippen molar-refractivity contribution in [1.29, 1.82) is 0 Å². The van der Waals surface area contributed by atoms with Crippen LogP contribution in [0.4, 0.5) is 0 Å². The van der Waals surface area contributed by atoms with Gasteiger partial charge < -0.3 is 0 Å². The molecular weight excluding hydrogens is 100 g/mol. The molecule has 0 N–H and O–H groups in total. The van der Waals surface area contributed by atoms with Crippen LogP contribution in [0.1, 0.15) is 13.8 Å². The lowest BCUT2D eigenvalue weighted by molar-refractivity contribution is 0.136. The van der Waals surface area contributed by atoms with Crippen molar-refractivity contribution < 1.29 is 5.11 Å². The highest BCUT2D eigenvalue weighted by molar-refractivity contribution is 5.10. The highest BCUT2D eigenvalue weighted by Gasteiger charge is 1.95. The Bertz CT molecular complexity index is 101. The minimum Gasteiger partial charge on any atom is -0.229 e. The first-order valence-electron chi connectivity index (χ1n) is 2.63. The van der Waals surface area contributed by atoms with Gasteiger partial charge in [-0.1, -0.05) is 18.7 Å². The van der Waals surface area contributed by atoms with Crippen molar-refractivity contribution >= 4 is 0 Å². The van der Waals surface area contributed by atoms with Gasteiger partial charge in [0.1, 0.15) is 6.10 Å². The van der Waals surface area contributed by atoms with Crippen LogP contribution in [0.15, 0.2) is 24.3 Å². The molecule has 0 saturated heterocycles. The predicted molar refractivity (Wildman–Crippen MR) is 34.1 cm³/mol. The van der Waals surface area contributed by atoms with Crippen molar-refractivity contribution in [3.05, 3.63) is 24.3 Å². The Morgan fingerprint density at radius 3 is 2.38 bits per heavy atom. The molecule has 1 radical (unpaired) electrons. The van der Waals surface area contributed by atoms with Crippen LogP contribution in [0.2, 0.25) is 0 Å². The SMILES string of the molecule is C=CC=C(C)C(C)[O]. The van der Waals surface area contributed by atoms with Crippen molar-refractivity contribution in [3.8, 4) is 0 Å². The van der Waals surface area contributed by atoms with Crippen molar-refractivity contribution in [1.82, 2.24) is 0 Å². The molecule has 0 rings (SSSR count). The summed E-state index contributed by atoms with van der Waals surface area (Å²) < 4.78 is 0. The van der Waals surface area contributed by atoms with Gasteiger partial charge in [-0.2, -0.15) is 0 Å². The molecule has 0 fully saturated rings. The van der Waals surface area contributed by atoms with Gasteiger partial charge in [-0.05, 0) is 19.4 Å². The van der Waals surface area contributed by atoms with Gasteiger partial charge in [0.15, 0.2) is 0 Å². The van der Waals surface area contributed by atoms with Crippen LogP contribution in [0, 0.1) is 0 Å². The maximum Gasteiger partial charge on any atom is 0.111 e. The molecule has 0 aromatic heterocycles. The van der Waals surface area contributed by atoms with Gasteiger partial charge in [0.2, 0.25) is 0 Å². The van der Waals surface area contributed by atoms with Crippen LogP contribution < -0.4 is 0 Å². The molecule has 8 heavy (non-hydrogen) atoms. The average Bonchev–Trinajstić information content (AvgIpc) is 1.67. The molecule has 0 amide bonds. The van der Waals surface area contributed by atoms with E-state index in [1.165, 1.54) is 0 Å². The molecule has 0 aliphatic heterocycles. The summed E-state index contributed by atoms with van der Waals surface area (Å²) in [5.41, 5.74) is 0.833. The zero-order valence-electron chi connectivity index (χ0n) is 5.35. The van der Waals surface area contributed by atoms with Crippen LogP contribution in [0.5, 0.6) is 0 Å². The first-order chi connectivity index (χ1) is 3.68. The van der Waals surface area contributed by atoms with E-state index in [1.54, 1.807) is 26.0 Å². The third-order valence-corrected chi connectivity index (χ3v) is 1.02. The molecule has 45 valence electrons. The molecule has 0 saturated carbocycles. The van der Waals surface area contributed by atoms with Crippen molar-refractivity contribution in [3.63, 3.8) is 0 Å². The van der Waals surface area contributed by atoms with E-state index in [9.17, 15) is 5.11 Å². The molecular formula is C7H11O. The summed E-state index contributed by atoms with van der Waals surface area (Å²) in [4.78, 5) is 0. The second-order valence-electron chi connectivity index (χ2n) is 1.79. The zero-order valence-corrected chi connectivity index (χ0v) is 5.35. The fourth-order valence-corrected chi connectivity index (χ4v) is 0.321. The van der Waals surface area contributed by atoms with Gasteiger partial charge in [0, 0.05) is 0 Å². The van der Waals surface area contributed by atoms with Crippen LogP contribution in [-0.4, -0.2) is 6.10 Å². The number of allylic oxidation sites excluding steroid dienone is 2. The summed E-state index contributed by atoms with van der Waals surface area (Å²) in [5.74, 6) is 0. The summed E-state index contributed by atoms with van der Waals surface area (Å²) in [6.07, 6.45) is 2.77. The van der Waals surface area contributed by atoms with Crippen molar-refractivity contribution in [2.45, 2.75) is 20.0 Å². The molecule has 0 aliphatic carbocycles. The van der Waals surface area contributed by atoms with E-state index in [0.29, 0.717) is 0 Å². The average molecular weight is 111 g/mol. The Hall–Kier alpha value is -0.560. The summed E-state index contributed by atoms with van der Waals surface area (Å²) in [7, 11) is 0. The molecule has 0 aromatic rings. The number of hydrogen-bond acceptors (Lipinski definition) is 0. The van der Waals surface area contributed by atoms with Crippen LogP contribution in [-0.2, 0) is 5.11 Å². The quantitative estimate of drug-likeness (QED) is 0.485. The van der Waals surface area contributed by atoms with Crippen molar-refractivity contribution in [2.24, 2.45) is 0 Å². The third kappa shape index (κ3) is 2.59. The molecule has 1 atom stereocenters. The van der Waals surface area contributed by atoms with Crippen LogP contribution >= 0.6 is 0 Å². The first kappa shape index (κ1) is 7.44. The van der Waals surface area contributed by atoms with Gasteiger partial charge >= 0.3 is 0 Å². The molecule has 0 spiro atoms. The normalized spacial score (nSPS) is 15.6. The first-order valence-corrected chi connectivity index (χ1v) is 2.63. The molecule has 0 bridgehead atoms. The van der Waals surface area contributed by atoms with Crippen LogP contribution in [0.3, 0.4) is 0 Å². The molecule has 1 unspecified atom stereocenters. The Labute approximate surface area is 50.3 Å². The standard InChI is InChI=1S/C7H11O/c1-4-5-6(2)7(3)8/h4-5,7H,1H2,2-3H3. The highest BCUT2D eigenvalue weighted by atomic mass is 16.3. The molecule has 1 nitrogen and oxygen atoms in total.